The second kappa shape index (κ2) is 7.02. The molecule has 3 aromatic rings. The summed E-state index contributed by atoms with van der Waals surface area (Å²) in [5, 5.41) is 7.37. The largest absolute Gasteiger partial charge is 0.496 e. The molecule has 1 saturated carbocycles. The highest BCUT2D eigenvalue weighted by Gasteiger charge is 2.25. The number of nitrogens with one attached hydrogen (secondary N) is 2. The molecule has 7 nitrogen and oxygen atoms in total. The second-order valence-corrected chi connectivity index (χ2v) is 6.89. The van der Waals surface area contributed by atoms with Gasteiger partial charge in [-0.05, 0) is 38.0 Å². The predicted molar refractivity (Wildman–Crippen MR) is 96.2 cm³/mol. The fourth-order valence-electron chi connectivity index (χ4n) is 3.57. The van der Waals surface area contributed by atoms with Crippen LogP contribution >= 0.6 is 0 Å². The predicted octanol–water partition coefficient (Wildman–Crippen LogP) is 3.85. The number of H-pyrrole nitrogens is 1. The van der Waals surface area contributed by atoms with Crippen molar-refractivity contribution in [2.45, 2.75) is 44.6 Å². The number of ether oxygens (including phenoxy) is 1. The molecule has 0 unspecified atom stereocenters. The molecule has 1 aromatic carbocycles. The molecule has 142 valence electrons. The van der Waals surface area contributed by atoms with Crippen LogP contribution in [0.3, 0.4) is 0 Å². The van der Waals surface area contributed by atoms with Crippen LogP contribution in [-0.2, 0) is 0 Å². The van der Waals surface area contributed by atoms with Crippen LogP contribution < -0.4 is 10.1 Å². The normalized spacial score (nSPS) is 16.0. The van der Waals surface area contributed by atoms with Crippen molar-refractivity contribution >= 4 is 16.8 Å². The van der Waals surface area contributed by atoms with Gasteiger partial charge in [-0.3, -0.25) is 4.79 Å². The van der Waals surface area contributed by atoms with Crippen molar-refractivity contribution in [1.29, 1.82) is 0 Å². The monoisotopic (exact) mass is 372 g/mol. The molecule has 2 heterocycles. The standard InChI is InChI=1S/C19H21FN4O3/c1-10(19-23-17(24-27-19)11-5-3-4-6-11)21-18(25)14-9-12-15(26-2)8-7-13(20)16(12)22-14/h7-11,22H,3-6H2,1-2H3,(H,21,25)/t10-/m0/s1. The Kier molecular flexibility index (Phi) is 4.55. The Bertz CT molecular complexity index is 975. The molecule has 2 N–H and O–H groups in total. The maximum absolute atomic E-state index is 14.0. The summed E-state index contributed by atoms with van der Waals surface area (Å²) in [7, 11) is 1.50. The first kappa shape index (κ1) is 17.5. The second-order valence-electron chi connectivity index (χ2n) is 6.89. The summed E-state index contributed by atoms with van der Waals surface area (Å²) in [5.74, 6) is 1.07. The SMILES string of the molecule is COc1ccc(F)c2[nH]c(C(=O)N[C@@H](C)c3nc(C4CCCC4)no3)cc12. The molecule has 0 spiro atoms. The number of carbonyl (C=O) groups excluding carboxylic acids is 1. The highest BCUT2D eigenvalue weighted by atomic mass is 19.1. The van der Waals surface area contributed by atoms with E-state index in [0.29, 0.717) is 28.8 Å². The van der Waals surface area contributed by atoms with Gasteiger partial charge < -0.3 is 19.6 Å². The van der Waals surface area contributed by atoms with Gasteiger partial charge in [-0.25, -0.2) is 4.39 Å². The Morgan fingerprint density at radius 3 is 2.93 bits per heavy atom. The van der Waals surface area contributed by atoms with Crippen LogP contribution in [0.4, 0.5) is 4.39 Å². The van der Waals surface area contributed by atoms with Crippen molar-refractivity contribution in [2.24, 2.45) is 0 Å². The number of halogens is 1. The van der Waals surface area contributed by atoms with Gasteiger partial charge in [-0.15, -0.1) is 0 Å². The summed E-state index contributed by atoms with van der Waals surface area (Å²) in [6, 6.07) is 3.93. The molecule has 2 aromatic heterocycles. The van der Waals surface area contributed by atoms with E-state index >= 15 is 0 Å². The Balaban J connectivity index is 1.51. The third kappa shape index (κ3) is 3.27. The molecule has 27 heavy (non-hydrogen) atoms. The van der Waals surface area contributed by atoms with Gasteiger partial charge in [-0.2, -0.15) is 4.98 Å². The zero-order valence-corrected chi connectivity index (χ0v) is 15.2. The number of aromatic amines is 1. The minimum atomic E-state index is -0.460. The molecule has 1 atom stereocenters. The van der Waals surface area contributed by atoms with Gasteiger partial charge in [0.1, 0.15) is 23.3 Å². The lowest BCUT2D eigenvalue weighted by atomic mass is 10.1. The van der Waals surface area contributed by atoms with Gasteiger partial charge in [0.2, 0.25) is 5.89 Å². The summed E-state index contributed by atoms with van der Waals surface area (Å²) < 4.78 is 24.6. The topological polar surface area (TPSA) is 93.0 Å². The number of carbonyl (C=O) groups is 1. The number of aromatic nitrogens is 3. The molecule has 1 aliphatic rings. The Hall–Kier alpha value is -2.90. The minimum absolute atomic E-state index is 0.230. The fourth-order valence-corrected chi connectivity index (χ4v) is 3.57. The summed E-state index contributed by atoms with van der Waals surface area (Å²) in [6.45, 7) is 1.77. The highest BCUT2D eigenvalue weighted by Crippen LogP contribution is 2.33. The highest BCUT2D eigenvalue weighted by molar-refractivity contribution is 5.99. The lowest BCUT2D eigenvalue weighted by Crippen LogP contribution is -2.27. The van der Waals surface area contributed by atoms with E-state index in [1.807, 2.05) is 0 Å². The summed E-state index contributed by atoms with van der Waals surface area (Å²) in [6.07, 6.45) is 4.51. The maximum atomic E-state index is 14.0. The molecule has 4 rings (SSSR count). The molecule has 0 bridgehead atoms. The Labute approximate surface area is 155 Å². The average molecular weight is 372 g/mol. The van der Waals surface area contributed by atoms with Crippen molar-refractivity contribution in [3.63, 3.8) is 0 Å². The molecule has 0 saturated heterocycles. The molecule has 1 fully saturated rings. The molecular weight excluding hydrogens is 351 g/mol. The van der Waals surface area contributed by atoms with Gasteiger partial charge in [-0.1, -0.05) is 18.0 Å². The van der Waals surface area contributed by atoms with E-state index in [2.05, 4.69) is 20.4 Å². The lowest BCUT2D eigenvalue weighted by Gasteiger charge is -2.08. The Morgan fingerprint density at radius 2 is 2.19 bits per heavy atom. The van der Waals surface area contributed by atoms with Crippen molar-refractivity contribution in [1.82, 2.24) is 20.4 Å². The third-order valence-electron chi connectivity index (χ3n) is 5.06. The smallest absolute Gasteiger partial charge is 0.268 e. The van der Waals surface area contributed by atoms with Gasteiger partial charge in [0.05, 0.1) is 12.6 Å². The third-order valence-corrected chi connectivity index (χ3v) is 5.06. The number of hydrogen-bond acceptors (Lipinski definition) is 5. The number of fused-ring (bicyclic) bond motifs is 1. The van der Waals surface area contributed by atoms with Crippen molar-refractivity contribution in [3.05, 3.63) is 41.4 Å². The number of amides is 1. The quantitative estimate of drug-likeness (QED) is 0.710. The summed E-state index contributed by atoms with van der Waals surface area (Å²) in [4.78, 5) is 19.8. The van der Waals surface area contributed by atoms with Gasteiger partial charge in [0, 0.05) is 11.3 Å². The van der Waals surface area contributed by atoms with E-state index in [4.69, 9.17) is 9.26 Å². The number of methoxy groups -OCH3 is 1. The first-order chi connectivity index (χ1) is 13.1. The van der Waals surface area contributed by atoms with Crippen LogP contribution in [0.2, 0.25) is 0 Å². The Morgan fingerprint density at radius 1 is 1.41 bits per heavy atom. The van der Waals surface area contributed by atoms with Crippen molar-refractivity contribution < 1.29 is 18.4 Å². The zero-order valence-electron chi connectivity index (χ0n) is 15.2. The van der Waals surface area contributed by atoms with Crippen LogP contribution in [0.5, 0.6) is 5.75 Å². The van der Waals surface area contributed by atoms with Gasteiger partial charge >= 0.3 is 0 Å². The first-order valence-electron chi connectivity index (χ1n) is 9.06. The molecular formula is C19H21FN4O3. The van der Waals surface area contributed by atoms with E-state index in [1.165, 1.54) is 32.1 Å². The van der Waals surface area contributed by atoms with Crippen LogP contribution in [0, 0.1) is 5.82 Å². The molecule has 0 radical (unpaired) electrons. The van der Waals surface area contributed by atoms with E-state index < -0.39 is 11.9 Å². The van der Waals surface area contributed by atoms with Crippen LogP contribution in [0.25, 0.3) is 10.9 Å². The van der Waals surface area contributed by atoms with E-state index in [0.717, 1.165) is 12.8 Å². The maximum Gasteiger partial charge on any atom is 0.268 e. The lowest BCUT2D eigenvalue weighted by molar-refractivity contribution is 0.0928. The van der Waals surface area contributed by atoms with Crippen molar-refractivity contribution in [2.75, 3.05) is 7.11 Å². The molecule has 1 amide bonds. The fraction of sp³-hybridized carbons (Fsp3) is 0.421. The minimum Gasteiger partial charge on any atom is -0.496 e. The van der Waals surface area contributed by atoms with E-state index in [9.17, 15) is 9.18 Å². The molecule has 8 heteroatoms. The van der Waals surface area contributed by atoms with Crippen LogP contribution in [0.1, 0.15) is 66.8 Å². The van der Waals surface area contributed by atoms with Crippen molar-refractivity contribution in [3.8, 4) is 5.75 Å². The molecule has 0 aliphatic heterocycles. The van der Waals surface area contributed by atoms with Crippen LogP contribution in [0.15, 0.2) is 22.7 Å². The summed E-state index contributed by atoms with van der Waals surface area (Å²) in [5.41, 5.74) is 0.462. The number of nitrogens with zero attached hydrogens (tertiary/aromatic N) is 2. The summed E-state index contributed by atoms with van der Waals surface area (Å²) >= 11 is 0. The van der Waals surface area contributed by atoms with E-state index in [1.54, 1.807) is 13.0 Å². The first-order valence-corrected chi connectivity index (χ1v) is 9.06. The number of benzene rings is 1. The average Bonchev–Trinajstić information content (AvgIpc) is 3.40. The van der Waals surface area contributed by atoms with Gasteiger partial charge in [0.15, 0.2) is 5.82 Å². The van der Waals surface area contributed by atoms with Gasteiger partial charge in [0.25, 0.3) is 5.91 Å². The van der Waals surface area contributed by atoms with Crippen LogP contribution in [-0.4, -0.2) is 28.1 Å². The number of rotatable bonds is 5. The number of hydrogen-bond donors (Lipinski definition) is 2. The van der Waals surface area contributed by atoms with E-state index in [-0.39, 0.29) is 17.1 Å². The molecule has 1 aliphatic carbocycles. The zero-order chi connectivity index (χ0) is 19.0.